The molecule has 2 heterocycles. The maximum Gasteiger partial charge on any atom is 0.262 e. The molecule has 172 valence electrons. The van der Waals surface area contributed by atoms with Gasteiger partial charge < -0.3 is 24.3 Å². The first-order valence-electron chi connectivity index (χ1n) is 10.6. The Labute approximate surface area is 190 Å². The number of aromatic nitrogens is 2. The van der Waals surface area contributed by atoms with Crippen LogP contribution in [0.3, 0.4) is 0 Å². The van der Waals surface area contributed by atoms with Gasteiger partial charge in [0.1, 0.15) is 24.7 Å². The molecule has 2 amide bonds. The fourth-order valence-corrected chi connectivity index (χ4v) is 3.60. The maximum absolute atomic E-state index is 13.4. The van der Waals surface area contributed by atoms with Gasteiger partial charge in [0.05, 0.1) is 18.7 Å². The summed E-state index contributed by atoms with van der Waals surface area (Å²) >= 11 is 0. The second kappa shape index (κ2) is 9.70. The number of anilines is 1. The molecule has 33 heavy (non-hydrogen) atoms. The number of hydrogen-bond donors (Lipinski definition) is 2. The van der Waals surface area contributed by atoms with Crippen molar-refractivity contribution in [1.29, 1.82) is 0 Å². The highest BCUT2D eigenvalue weighted by Gasteiger charge is 2.31. The van der Waals surface area contributed by atoms with Crippen molar-refractivity contribution in [3.63, 3.8) is 0 Å². The molecule has 1 aliphatic rings. The van der Waals surface area contributed by atoms with E-state index in [-0.39, 0.29) is 50.1 Å². The molecule has 3 aromatic rings. The zero-order valence-corrected chi connectivity index (χ0v) is 18.1. The third kappa shape index (κ3) is 4.80. The SMILES string of the molecule is CCc1nnc(CN2Cc3ccccc3N(C(=O)c3ccc(OCCO)cc3O)CC2=O)o1. The van der Waals surface area contributed by atoms with E-state index in [1.54, 1.807) is 17.0 Å². The number of para-hydroxylation sites is 1. The summed E-state index contributed by atoms with van der Waals surface area (Å²) < 4.78 is 10.8. The first kappa shape index (κ1) is 22.3. The summed E-state index contributed by atoms with van der Waals surface area (Å²) in [7, 11) is 0. The molecule has 0 spiro atoms. The molecule has 0 atom stereocenters. The van der Waals surface area contributed by atoms with Gasteiger partial charge in [-0.3, -0.25) is 14.5 Å². The fourth-order valence-electron chi connectivity index (χ4n) is 3.60. The summed E-state index contributed by atoms with van der Waals surface area (Å²) in [6, 6.07) is 11.5. The largest absolute Gasteiger partial charge is 0.507 e. The summed E-state index contributed by atoms with van der Waals surface area (Å²) in [5, 5.41) is 27.3. The zero-order chi connectivity index (χ0) is 23.4. The molecule has 1 aliphatic heterocycles. The van der Waals surface area contributed by atoms with Gasteiger partial charge >= 0.3 is 0 Å². The van der Waals surface area contributed by atoms with Crippen LogP contribution >= 0.6 is 0 Å². The molecule has 10 heteroatoms. The van der Waals surface area contributed by atoms with Gasteiger partial charge in [0, 0.05) is 24.7 Å². The lowest BCUT2D eigenvalue weighted by Crippen LogP contribution is -2.40. The van der Waals surface area contributed by atoms with Crippen LogP contribution in [-0.4, -0.2) is 56.9 Å². The van der Waals surface area contributed by atoms with Crippen LogP contribution in [0.15, 0.2) is 46.9 Å². The number of aryl methyl sites for hydroxylation is 1. The molecule has 0 saturated carbocycles. The van der Waals surface area contributed by atoms with Crippen LogP contribution in [0.1, 0.15) is 34.6 Å². The number of phenolic OH excluding ortho intramolecular Hbond substituents is 1. The molecule has 2 N–H and O–H groups in total. The Bertz CT molecular complexity index is 1160. The van der Waals surface area contributed by atoms with E-state index in [0.717, 1.165) is 5.56 Å². The van der Waals surface area contributed by atoms with Crippen LogP contribution in [0.2, 0.25) is 0 Å². The van der Waals surface area contributed by atoms with E-state index in [1.807, 2.05) is 19.1 Å². The number of phenols is 1. The number of ether oxygens (including phenoxy) is 1. The van der Waals surface area contributed by atoms with Crippen molar-refractivity contribution < 1.29 is 29.0 Å². The second-order valence-electron chi connectivity index (χ2n) is 7.46. The summed E-state index contributed by atoms with van der Waals surface area (Å²) in [6.45, 7) is 1.97. The number of carbonyl (C=O) groups excluding carboxylic acids is 2. The van der Waals surface area contributed by atoms with Crippen molar-refractivity contribution in [1.82, 2.24) is 15.1 Å². The van der Waals surface area contributed by atoms with Crippen LogP contribution in [0, 0.1) is 0 Å². The first-order valence-corrected chi connectivity index (χ1v) is 10.6. The molecule has 0 bridgehead atoms. The van der Waals surface area contributed by atoms with Gasteiger partial charge in [0.15, 0.2) is 0 Å². The second-order valence-corrected chi connectivity index (χ2v) is 7.46. The summed E-state index contributed by atoms with van der Waals surface area (Å²) in [5.41, 5.74) is 1.39. The summed E-state index contributed by atoms with van der Waals surface area (Å²) in [5.74, 6) is 0.0510. The van der Waals surface area contributed by atoms with Crippen molar-refractivity contribution >= 4 is 17.5 Å². The molecule has 0 radical (unpaired) electrons. The van der Waals surface area contributed by atoms with Gasteiger partial charge in [-0.1, -0.05) is 25.1 Å². The molecule has 0 saturated heterocycles. The molecule has 0 unspecified atom stereocenters. The normalized spacial score (nSPS) is 13.6. The molecule has 0 aliphatic carbocycles. The highest BCUT2D eigenvalue weighted by Crippen LogP contribution is 2.31. The Balaban J connectivity index is 1.61. The lowest BCUT2D eigenvalue weighted by Gasteiger charge is -2.22. The van der Waals surface area contributed by atoms with Crippen LogP contribution in [0.25, 0.3) is 0 Å². The molecular formula is C23H24N4O6. The fraction of sp³-hybridized carbons (Fsp3) is 0.304. The summed E-state index contributed by atoms with van der Waals surface area (Å²) in [4.78, 5) is 29.4. The minimum Gasteiger partial charge on any atom is -0.507 e. The number of nitrogens with zero attached hydrogens (tertiary/aromatic N) is 4. The standard InChI is InChI=1S/C23H24N4O6/c1-2-20-24-25-21(33-20)13-26-12-15-5-3-4-6-18(15)27(14-22(26)30)23(31)17-8-7-16(11-19(17)29)32-10-9-28/h3-8,11,28-29H,2,9-10,12-14H2,1H3. The average Bonchev–Trinajstić information content (AvgIpc) is 3.23. The van der Waals surface area contributed by atoms with Gasteiger partial charge in [-0.2, -0.15) is 0 Å². The van der Waals surface area contributed by atoms with Gasteiger partial charge in [0.2, 0.25) is 17.7 Å². The lowest BCUT2D eigenvalue weighted by atomic mass is 10.1. The number of fused-ring (bicyclic) bond motifs is 1. The van der Waals surface area contributed by atoms with Crippen molar-refractivity contribution in [2.24, 2.45) is 0 Å². The smallest absolute Gasteiger partial charge is 0.262 e. The van der Waals surface area contributed by atoms with E-state index in [4.69, 9.17) is 14.3 Å². The quantitative estimate of drug-likeness (QED) is 0.556. The highest BCUT2D eigenvalue weighted by atomic mass is 16.5. The number of hydrogen-bond acceptors (Lipinski definition) is 8. The number of benzene rings is 2. The number of aliphatic hydroxyl groups is 1. The number of rotatable bonds is 7. The van der Waals surface area contributed by atoms with Gasteiger partial charge in [-0.15, -0.1) is 10.2 Å². The molecular weight excluding hydrogens is 428 g/mol. The highest BCUT2D eigenvalue weighted by molar-refractivity contribution is 6.11. The number of aliphatic hydroxyl groups excluding tert-OH is 1. The average molecular weight is 452 g/mol. The van der Waals surface area contributed by atoms with E-state index in [2.05, 4.69) is 10.2 Å². The number of aromatic hydroxyl groups is 1. The van der Waals surface area contributed by atoms with Gasteiger partial charge in [-0.25, -0.2) is 0 Å². The maximum atomic E-state index is 13.4. The van der Waals surface area contributed by atoms with E-state index in [1.165, 1.54) is 23.1 Å². The Hall–Kier alpha value is -3.92. The van der Waals surface area contributed by atoms with Gasteiger partial charge in [-0.05, 0) is 23.8 Å². The molecule has 2 aromatic carbocycles. The number of carbonyl (C=O) groups is 2. The zero-order valence-electron chi connectivity index (χ0n) is 18.1. The lowest BCUT2D eigenvalue weighted by molar-refractivity contribution is -0.131. The first-order chi connectivity index (χ1) is 16.0. The third-order valence-corrected chi connectivity index (χ3v) is 5.23. The van der Waals surface area contributed by atoms with Crippen LogP contribution in [0.4, 0.5) is 5.69 Å². The minimum absolute atomic E-state index is 0.0342. The van der Waals surface area contributed by atoms with E-state index >= 15 is 0 Å². The third-order valence-electron chi connectivity index (χ3n) is 5.23. The van der Waals surface area contributed by atoms with Crippen LogP contribution in [0.5, 0.6) is 11.5 Å². The Kier molecular flexibility index (Phi) is 6.55. The topological polar surface area (TPSA) is 129 Å². The monoisotopic (exact) mass is 452 g/mol. The minimum atomic E-state index is -0.519. The Morgan fingerprint density at radius 3 is 2.67 bits per heavy atom. The molecule has 4 rings (SSSR count). The van der Waals surface area contributed by atoms with E-state index in [0.29, 0.717) is 29.6 Å². The predicted octanol–water partition coefficient (Wildman–Crippen LogP) is 1.90. The molecule has 10 nitrogen and oxygen atoms in total. The van der Waals surface area contributed by atoms with Crippen LogP contribution in [-0.2, 0) is 24.3 Å². The Morgan fingerprint density at radius 1 is 1.15 bits per heavy atom. The van der Waals surface area contributed by atoms with Crippen molar-refractivity contribution in [3.05, 3.63) is 65.4 Å². The van der Waals surface area contributed by atoms with E-state index in [9.17, 15) is 14.7 Å². The van der Waals surface area contributed by atoms with Crippen molar-refractivity contribution in [2.75, 3.05) is 24.7 Å². The van der Waals surface area contributed by atoms with Crippen molar-refractivity contribution in [3.8, 4) is 11.5 Å². The Morgan fingerprint density at radius 2 is 1.94 bits per heavy atom. The van der Waals surface area contributed by atoms with E-state index < -0.39 is 5.91 Å². The van der Waals surface area contributed by atoms with Gasteiger partial charge in [0.25, 0.3) is 5.91 Å². The van der Waals surface area contributed by atoms with Crippen molar-refractivity contribution in [2.45, 2.75) is 26.4 Å². The van der Waals surface area contributed by atoms with Crippen LogP contribution < -0.4 is 9.64 Å². The molecule has 0 fully saturated rings. The number of amides is 2. The summed E-state index contributed by atoms with van der Waals surface area (Å²) in [6.07, 6.45) is 0.597. The molecule has 1 aromatic heterocycles. The predicted molar refractivity (Wildman–Crippen MR) is 117 cm³/mol.